The van der Waals surface area contributed by atoms with Gasteiger partial charge in [-0.1, -0.05) is 148 Å². The van der Waals surface area contributed by atoms with Gasteiger partial charge in [0.2, 0.25) is 5.91 Å². The van der Waals surface area contributed by atoms with Gasteiger partial charge in [-0.05, 0) is 32.1 Å². The summed E-state index contributed by atoms with van der Waals surface area (Å²) in [6.07, 6.45) is 32.9. The fourth-order valence-electron chi connectivity index (χ4n) is 5.26. The number of hydrogen-bond donors (Lipinski definition) is 3. The van der Waals surface area contributed by atoms with Gasteiger partial charge in [0.25, 0.3) is 0 Å². The van der Waals surface area contributed by atoms with Gasteiger partial charge in [0.15, 0.2) is 0 Å². The average Bonchev–Trinajstić information content (AvgIpc) is 3.05. The number of ether oxygens (including phenoxy) is 1. The van der Waals surface area contributed by atoms with E-state index in [4.69, 9.17) is 13.8 Å². The quantitative estimate of drug-likeness (QED) is 0.0256. The zero-order valence-corrected chi connectivity index (χ0v) is 31.1. The molecule has 0 saturated heterocycles. The van der Waals surface area contributed by atoms with Crippen LogP contribution in [0.5, 0.6) is 0 Å². The highest BCUT2D eigenvalue weighted by Crippen LogP contribution is 2.42. The number of rotatable bonds is 36. The second kappa shape index (κ2) is 34.6. The Balaban J connectivity index is 3.59. The Morgan fingerprint density at radius 2 is 1.13 bits per heavy atom. The molecule has 2 atom stereocenters. The van der Waals surface area contributed by atoms with E-state index in [1.54, 1.807) is 0 Å². The predicted octanol–water partition coefficient (Wildman–Crippen LogP) is 9.88. The number of phosphoric acid groups is 1. The molecular weight excluding hydrogens is 617 g/mol. The van der Waals surface area contributed by atoms with Crippen LogP contribution in [-0.4, -0.2) is 54.3 Å². The summed E-state index contributed by atoms with van der Waals surface area (Å²) < 4.78 is 26.7. The topological polar surface area (TPSA) is 131 Å². The van der Waals surface area contributed by atoms with Gasteiger partial charge < -0.3 is 20.1 Å². The van der Waals surface area contributed by atoms with Crippen LogP contribution in [0.1, 0.15) is 181 Å². The smallest absolute Gasteiger partial charge is 0.463 e. The molecule has 0 aromatic rings. The summed E-state index contributed by atoms with van der Waals surface area (Å²) in [7, 11) is -4.40. The minimum absolute atomic E-state index is 0.0851. The largest absolute Gasteiger partial charge is 0.472 e. The molecule has 0 fully saturated rings. The van der Waals surface area contributed by atoms with Crippen LogP contribution in [0.15, 0.2) is 12.2 Å². The van der Waals surface area contributed by atoms with Crippen molar-refractivity contribution >= 4 is 19.7 Å². The number of nitrogens with one attached hydrogen (secondary N) is 1. The highest BCUT2D eigenvalue weighted by molar-refractivity contribution is 7.47. The van der Waals surface area contributed by atoms with Crippen LogP contribution in [-0.2, 0) is 27.9 Å². The number of allylic oxidation sites excluding steroid dienone is 2. The Morgan fingerprint density at radius 1 is 0.638 bits per heavy atom. The lowest BCUT2D eigenvalue weighted by atomic mass is 10.0. The van der Waals surface area contributed by atoms with E-state index in [1.165, 1.54) is 89.9 Å². The summed E-state index contributed by atoms with van der Waals surface area (Å²) >= 11 is 0. The molecule has 0 radical (unpaired) electrons. The molecule has 0 aromatic heterocycles. The molecule has 0 bridgehead atoms. The summed E-state index contributed by atoms with van der Waals surface area (Å²) in [5.41, 5.74) is 0. The van der Waals surface area contributed by atoms with E-state index in [1.807, 2.05) is 0 Å². The molecule has 3 N–H and O–H groups in total. The lowest BCUT2D eigenvalue weighted by molar-refractivity contribution is -0.147. The summed E-state index contributed by atoms with van der Waals surface area (Å²) in [4.78, 5) is 33.7. The van der Waals surface area contributed by atoms with E-state index in [2.05, 4.69) is 31.3 Å². The molecule has 0 aliphatic rings. The Labute approximate surface area is 288 Å². The summed E-state index contributed by atoms with van der Waals surface area (Å²) in [5, 5.41) is 12.6. The van der Waals surface area contributed by atoms with Gasteiger partial charge in [0.1, 0.15) is 12.7 Å². The highest BCUT2D eigenvalue weighted by Gasteiger charge is 2.23. The van der Waals surface area contributed by atoms with E-state index in [-0.39, 0.29) is 32.1 Å². The van der Waals surface area contributed by atoms with Crippen LogP contribution >= 0.6 is 7.82 Å². The molecule has 0 saturated carbocycles. The molecule has 0 aliphatic heterocycles. The maximum Gasteiger partial charge on any atom is 0.472 e. The number of carbonyl (C=O) groups excluding carboxylic acids is 2. The number of carbonyl (C=O) groups is 2. The standard InChI is InChI=1S/C37H72NO8P/c1-3-5-7-9-11-13-15-16-17-18-19-20-21-23-25-27-29-36(40)38-31-32-45-47(42,43)46-34-35(39)33-44-37(41)30-28-26-24-22-14-12-10-8-6-4-2/h8,10,35,39H,3-7,9,11-34H2,1-2H3,(H,38,40)(H,42,43)/b10-8-. The van der Waals surface area contributed by atoms with Crippen molar-refractivity contribution in [1.29, 1.82) is 0 Å². The van der Waals surface area contributed by atoms with Crippen molar-refractivity contribution < 1.29 is 37.9 Å². The number of aliphatic hydroxyl groups is 1. The molecule has 0 rings (SSSR count). The number of amides is 1. The summed E-state index contributed by atoms with van der Waals surface area (Å²) in [5.74, 6) is -0.523. The molecule has 1 amide bonds. The second-order valence-corrected chi connectivity index (χ2v) is 14.4. The van der Waals surface area contributed by atoms with Gasteiger partial charge in [-0.3, -0.25) is 18.6 Å². The van der Waals surface area contributed by atoms with E-state index >= 15 is 0 Å². The Morgan fingerprint density at radius 3 is 1.68 bits per heavy atom. The zero-order chi connectivity index (χ0) is 34.7. The van der Waals surface area contributed by atoms with Crippen molar-refractivity contribution in [3.63, 3.8) is 0 Å². The van der Waals surface area contributed by atoms with E-state index < -0.39 is 26.5 Å². The molecule has 9 nitrogen and oxygen atoms in total. The first kappa shape index (κ1) is 45.8. The number of unbranched alkanes of at least 4 members (excludes halogenated alkanes) is 21. The maximum absolute atomic E-state index is 12.0. The monoisotopic (exact) mass is 689 g/mol. The molecule has 278 valence electrons. The van der Waals surface area contributed by atoms with Gasteiger partial charge in [-0.25, -0.2) is 4.57 Å². The van der Waals surface area contributed by atoms with Gasteiger partial charge in [0.05, 0.1) is 13.2 Å². The normalized spacial score (nSPS) is 13.5. The molecule has 0 aromatic carbocycles. The summed E-state index contributed by atoms with van der Waals surface area (Å²) in [6, 6.07) is 0. The van der Waals surface area contributed by atoms with E-state index in [0.717, 1.165) is 64.2 Å². The third kappa shape index (κ3) is 35.9. The maximum atomic E-state index is 12.0. The van der Waals surface area contributed by atoms with Crippen molar-refractivity contribution in [2.24, 2.45) is 0 Å². The Hall–Kier alpha value is -1.25. The van der Waals surface area contributed by atoms with E-state index in [0.29, 0.717) is 6.42 Å². The molecule has 10 heteroatoms. The first-order valence-electron chi connectivity index (χ1n) is 19.2. The van der Waals surface area contributed by atoms with Crippen molar-refractivity contribution in [1.82, 2.24) is 5.32 Å². The third-order valence-electron chi connectivity index (χ3n) is 8.18. The highest BCUT2D eigenvalue weighted by atomic mass is 31.2. The number of hydrogen-bond acceptors (Lipinski definition) is 7. The van der Waals surface area contributed by atoms with Gasteiger partial charge in [-0.15, -0.1) is 0 Å². The molecule has 0 spiro atoms. The van der Waals surface area contributed by atoms with Crippen molar-refractivity contribution in [2.45, 2.75) is 187 Å². The average molecular weight is 690 g/mol. The number of phosphoric ester groups is 1. The minimum Gasteiger partial charge on any atom is -0.463 e. The molecule has 47 heavy (non-hydrogen) atoms. The SMILES string of the molecule is CCC/C=C\CCCCCCCC(=O)OCC(O)COP(=O)(O)OCCNC(=O)CCCCCCCCCCCCCCCCCC. The predicted molar refractivity (Wildman–Crippen MR) is 192 cm³/mol. The van der Waals surface area contributed by atoms with E-state index in [9.17, 15) is 24.2 Å². The molecule has 0 heterocycles. The van der Waals surface area contributed by atoms with Gasteiger partial charge in [-0.2, -0.15) is 0 Å². The Kier molecular flexibility index (Phi) is 33.7. The minimum atomic E-state index is -4.40. The van der Waals surface area contributed by atoms with Crippen molar-refractivity contribution in [3.05, 3.63) is 12.2 Å². The zero-order valence-electron chi connectivity index (χ0n) is 30.2. The first-order valence-corrected chi connectivity index (χ1v) is 20.7. The van der Waals surface area contributed by atoms with Crippen LogP contribution in [0.4, 0.5) is 0 Å². The molecular formula is C37H72NO8P. The van der Waals surface area contributed by atoms with Gasteiger partial charge in [0, 0.05) is 19.4 Å². The Bertz CT molecular complexity index is 794. The number of aliphatic hydroxyl groups excluding tert-OH is 1. The fraction of sp³-hybridized carbons (Fsp3) is 0.892. The van der Waals surface area contributed by atoms with Crippen LogP contribution in [0.25, 0.3) is 0 Å². The second-order valence-electron chi connectivity index (χ2n) is 12.9. The molecule has 0 aliphatic carbocycles. The van der Waals surface area contributed by atoms with Crippen LogP contribution in [0.2, 0.25) is 0 Å². The van der Waals surface area contributed by atoms with Crippen LogP contribution in [0, 0.1) is 0 Å². The lowest BCUT2D eigenvalue weighted by Gasteiger charge is -2.15. The molecule has 2 unspecified atom stereocenters. The number of esters is 1. The third-order valence-corrected chi connectivity index (χ3v) is 9.16. The fourth-order valence-corrected chi connectivity index (χ4v) is 6.02. The van der Waals surface area contributed by atoms with Crippen molar-refractivity contribution in [2.75, 3.05) is 26.4 Å². The van der Waals surface area contributed by atoms with Gasteiger partial charge >= 0.3 is 13.8 Å². The first-order chi connectivity index (χ1) is 22.8. The lowest BCUT2D eigenvalue weighted by Crippen LogP contribution is -2.27. The van der Waals surface area contributed by atoms with Crippen LogP contribution < -0.4 is 5.32 Å². The van der Waals surface area contributed by atoms with Crippen LogP contribution in [0.3, 0.4) is 0 Å². The summed E-state index contributed by atoms with van der Waals surface area (Å²) in [6.45, 7) is 3.48. The van der Waals surface area contributed by atoms with Crippen molar-refractivity contribution in [3.8, 4) is 0 Å².